The highest BCUT2D eigenvalue weighted by molar-refractivity contribution is 5.99. The third-order valence-electron chi connectivity index (χ3n) is 4.45. The minimum Gasteiger partial charge on any atom is -0.497 e. The molecule has 30 heavy (non-hydrogen) atoms. The van der Waals surface area contributed by atoms with Gasteiger partial charge in [-0.1, -0.05) is 6.07 Å². The van der Waals surface area contributed by atoms with Crippen LogP contribution in [0.4, 0.5) is 17.1 Å². The van der Waals surface area contributed by atoms with Gasteiger partial charge < -0.3 is 24.4 Å². The van der Waals surface area contributed by atoms with Gasteiger partial charge in [0.1, 0.15) is 5.75 Å². The molecule has 0 bridgehead atoms. The molecule has 1 amide bonds. The lowest BCUT2D eigenvalue weighted by atomic mass is 10.1. The lowest BCUT2D eigenvalue weighted by Crippen LogP contribution is -2.37. The number of rotatable bonds is 7. The van der Waals surface area contributed by atoms with Crippen LogP contribution >= 0.6 is 0 Å². The van der Waals surface area contributed by atoms with Crippen LogP contribution in [0, 0.1) is 10.1 Å². The summed E-state index contributed by atoms with van der Waals surface area (Å²) in [6.07, 6.45) is 0. The molecule has 0 spiro atoms. The zero-order chi connectivity index (χ0) is 21.5. The summed E-state index contributed by atoms with van der Waals surface area (Å²) in [6, 6.07) is 10.7. The summed E-state index contributed by atoms with van der Waals surface area (Å²) < 4.78 is 15.5. The number of nitro groups is 1. The minimum atomic E-state index is -0.819. The molecule has 0 atom stereocenters. The molecular weight excluding hydrogens is 394 g/mol. The topological polar surface area (TPSA) is 120 Å². The van der Waals surface area contributed by atoms with Gasteiger partial charge in [-0.15, -0.1) is 0 Å². The maximum atomic E-state index is 12.6. The number of ether oxygens (including phenoxy) is 3. The van der Waals surface area contributed by atoms with E-state index in [0.717, 1.165) is 6.07 Å². The van der Waals surface area contributed by atoms with Gasteiger partial charge in [0.2, 0.25) is 0 Å². The van der Waals surface area contributed by atoms with E-state index in [1.165, 1.54) is 19.2 Å². The number of nitro benzene ring substituents is 1. The Kier molecular flexibility index (Phi) is 6.81. The van der Waals surface area contributed by atoms with E-state index in [2.05, 4.69) is 5.32 Å². The van der Waals surface area contributed by atoms with Crippen LogP contribution in [-0.2, 0) is 14.3 Å². The predicted octanol–water partition coefficient (Wildman–Crippen LogP) is 2.24. The number of carbonyl (C=O) groups excluding carboxylic acids is 2. The summed E-state index contributed by atoms with van der Waals surface area (Å²) >= 11 is 0. The number of hydrogen-bond donors (Lipinski definition) is 1. The number of carbonyl (C=O) groups is 2. The first-order chi connectivity index (χ1) is 14.5. The molecule has 2 aromatic carbocycles. The van der Waals surface area contributed by atoms with Gasteiger partial charge in [0, 0.05) is 37.0 Å². The van der Waals surface area contributed by atoms with E-state index in [1.54, 1.807) is 24.3 Å². The molecule has 1 aliphatic rings. The van der Waals surface area contributed by atoms with Crippen molar-refractivity contribution in [2.75, 3.05) is 50.2 Å². The molecule has 10 heteroatoms. The van der Waals surface area contributed by atoms with Gasteiger partial charge in [-0.05, 0) is 18.2 Å². The molecule has 0 unspecified atom stereocenters. The number of methoxy groups -OCH3 is 1. The van der Waals surface area contributed by atoms with Crippen molar-refractivity contribution in [3.05, 3.63) is 58.1 Å². The van der Waals surface area contributed by atoms with E-state index >= 15 is 0 Å². The Morgan fingerprint density at radius 1 is 1.20 bits per heavy atom. The second-order valence-electron chi connectivity index (χ2n) is 6.41. The molecule has 0 saturated carbocycles. The van der Waals surface area contributed by atoms with Crippen LogP contribution in [0.1, 0.15) is 10.4 Å². The number of anilines is 2. The molecule has 1 fully saturated rings. The van der Waals surface area contributed by atoms with Gasteiger partial charge in [-0.3, -0.25) is 14.9 Å². The molecule has 0 aliphatic carbocycles. The maximum absolute atomic E-state index is 12.6. The van der Waals surface area contributed by atoms with Gasteiger partial charge >= 0.3 is 5.97 Å². The number of esters is 1. The Hall–Kier alpha value is -3.66. The third kappa shape index (κ3) is 5.23. The highest BCUT2D eigenvalue weighted by Crippen LogP contribution is 2.27. The summed E-state index contributed by atoms with van der Waals surface area (Å²) in [4.78, 5) is 37.2. The average molecular weight is 415 g/mol. The van der Waals surface area contributed by atoms with Crippen molar-refractivity contribution in [1.82, 2.24) is 0 Å². The van der Waals surface area contributed by atoms with Gasteiger partial charge in [0.05, 0.1) is 36.5 Å². The second-order valence-corrected chi connectivity index (χ2v) is 6.41. The fourth-order valence-electron chi connectivity index (χ4n) is 2.99. The van der Waals surface area contributed by atoms with E-state index in [0.29, 0.717) is 43.4 Å². The molecule has 158 valence electrons. The van der Waals surface area contributed by atoms with Gasteiger partial charge in [0.15, 0.2) is 6.61 Å². The number of morpholine rings is 1. The molecule has 1 aliphatic heterocycles. The molecule has 1 saturated heterocycles. The quantitative estimate of drug-likeness (QED) is 0.415. The zero-order valence-electron chi connectivity index (χ0n) is 16.3. The lowest BCUT2D eigenvalue weighted by Gasteiger charge is -2.30. The van der Waals surface area contributed by atoms with Crippen LogP contribution in [0.25, 0.3) is 0 Å². The first-order valence-corrected chi connectivity index (χ1v) is 9.20. The highest BCUT2D eigenvalue weighted by Gasteiger charge is 2.23. The minimum absolute atomic E-state index is 0.0280. The molecule has 3 rings (SSSR count). The first kappa shape index (κ1) is 21.1. The number of nitrogens with one attached hydrogen (secondary N) is 1. The molecule has 1 N–H and O–H groups in total. The van der Waals surface area contributed by atoms with E-state index in [-0.39, 0.29) is 11.3 Å². The SMILES string of the molecule is COc1cccc(NC(=O)COC(=O)c2cc([N+](=O)[O-])ccc2N2CCOCC2)c1. The Morgan fingerprint density at radius 2 is 1.97 bits per heavy atom. The summed E-state index contributed by atoms with van der Waals surface area (Å²) in [5.74, 6) is -0.799. The van der Waals surface area contributed by atoms with E-state index in [1.807, 2.05) is 4.90 Å². The monoisotopic (exact) mass is 415 g/mol. The fraction of sp³-hybridized carbons (Fsp3) is 0.300. The number of benzene rings is 2. The Morgan fingerprint density at radius 3 is 2.67 bits per heavy atom. The molecular formula is C20H21N3O7. The molecule has 2 aromatic rings. The number of non-ortho nitro benzene ring substituents is 1. The summed E-state index contributed by atoms with van der Waals surface area (Å²) in [5, 5.41) is 13.7. The lowest BCUT2D eigenvalue weighted by molar-refractivity contribution is -0.384. The maximum Gasteiger partial charge on any atom is 0.341 e. The summed E-state index contributed by atoms with van der Waals surface area (Å²) in [6.45, 7) is 1.49. The Balaban J connectivity index is 1.70. The van der Waals surface area contributed by atoms with Crippen LogP contribution < -0.4 is 15.0 Å². The van der Waals surface area contributed by atoms with Gasteiger partial charge in [-0.2, -0.15) is 0 Å². The van der Waals surface area contributed by atoms with Crippen LogP contribution in [-0.4, -0.2) is 56.8 Å². The number of amides is 1. The Labute approximate surface area is 172 Å². The average Bonchev–Trinajstić information content (AvgIpc) is 2.77. The van der Waals surface area contributed by atoms with Crippen molar-refractivity contribution in [2.45, 2.75) is 0 Å². The van der Waals surface area contributed by atoms with Crippen molar-refractivity contribution >= 4 is 28.9 Å². The first-order valence-electron chi connectivity index (χ1n) is 9.20. The van der Waals surface area contributed by atoms with Crippen molar-refractivity contribution < 1.29 is 28.7 Å². The smallest absolute Gasteiger partial charge is 0.341 e. The van der Waals surface area contributed by atoms with Crippen LogP contribution in [0.5, 0.6) is 5.75 Å². The normalized spacial score (nSPS) is 13.4. The van der Waals surface area contributed by atoms with E-state index < -0.39 is 23.4 Å². The molecule has 0 radical (unpaired) electrons. The molecule has 10 nitrogen and oxygen atoms in total. The van der Waals surface area contributed by atoms with Crippen LogP contribution in [0.2, 0.25) is 0 Å². The van der Waals surface area contributed by atoms with Crippen molar-refractivity contribution in [2.24, 2.45) is 0 Å². The second kappa shape index (κ2) is 9.70. The van der Waals surface area contributed by atoms with Crippen LogP contribution in [0.3, 0.4) is 0 Å². The van der Waals surface area contributed by atoms with E-state index in [4.69, 9.17) is 14.2 Å². The summed E-state index contributed by atoms with van der Waals surface area (Å²) in [7, 11) is 1.51. The fourth-order valence-corrected chi connectivity index (χ4v) is 2.99. The molecule has 1 heterocycles. The third-order valence-corrected chi connectivity index (χ3v) is 4.45. The van der Waals surface area contributed by atoms with Crippen molar-refractivity contribution in [3.63, 3.8) is 0 Å². The van der Waals surface area contributed by atoms with Gasteiger partial charge in [0.25, 0.3) is 11.6 Å². The highest BCUT2D eigenvalue weighted by atomic mass is 16.6. The Bertz CT molecular complexity index is 942. The van der Waals surface area contributed by atoms with Gasteiger partial charge in [-0.25, -0.2) is 4.79 Å². The predicted molar refractivity (Wildman–Crippen MR) is 108 cm³/mol. The number of nitrogens with zero attached hydrogens (tertiary/aromatic N) is 2. The van der Waals surface area contributed by atoms with Crippen LogP contribution in [0.15, 0.2) is 42.5 Å². The van der Waals surface area contributed by atoms with E-state index in [9.17, 15) is 19.7 Å². The van der Waals surface area contributed by atoms with Crippen molar-refractivity contribution in [3.8, 4) is 5.75 Å². The standard InChI is InChI=1S/C20H21N3O7/c1-28-16-4-2-3-14(11-16)21-19(24)13-30-20(25)17-12-15(23(26)27)5-6-18(17)22-7-9-29-10-8-22/h2-6,11-12H,7-10,13H2,1H3,(H,21,24). The van der Waals surface area contributed by atoms with Crippen molar-refractivity contribution in [1.29, 1.82) is 0 Å². The zero-order valence-corrected chi connectivity index (χ0v) is 16.3. The molecule has 0 aromatic heterocycles. The number of hydrogen-bond acceptors (Lipinski definition) is 8. The largest absolute Gasteiger partial charge is 0.497 e. The summed E-state index contributed by atoms with van der Waals surface area (Å²) in [5.41, 5.74) is 0.780.